The van der Waals surface area contributed by atoms with E-state index in [0.717, 1.165) is 63.8 Å². The second-order valence-corrected chi connectivity index (χ2v) is 5.40. The van der Waals surface area contributed by atoms with E-state index in [1.807, 2.05) is 12.1 Å². The van der Waals surface area contributed by atoms with Gasteiger partial charge in [-0.1, -0.05) is 17.7 Å². The van der Waals surface area contributed by atoms with Gasteiger partial charge in [-0.15, -0.1) is 0 Å². The van der Waals surface area contributed by atoms with Crippen molar-refractivity contribution in [3.05, 3.63) is 29.8 Å². The Balaban J connectivity index is 2.12. The van der Waals surface area contributed by atoms with Crippen LogP contribution in [0.1, 0.15) is 31.7 Å². The SMILES string of the molecule is CCNC(=NCCCOC)NCCCCOc1ccc(C)cc1. The lowest BCUT2D eigenvalue weighted by Crippen LogP contribution is -2.38. The number of hydrogen-bond donors (Lipinski definition) is 2. The molecule has 5 nitrogen and oxygen atoms in total. The molecule has 1 rings (SSSR count). The summed E-state index contributed by atoms with van der Waals surface area (Å²) in [5, 5.41) is 6.59. The van der Waals surface area contributed by atoms with Gasteiger partial charge >= 0.3 is 0 Å². The highest BCUT2D eigenvalue weighted by Gasteiger charge is 1.97. The quantitative estimate of drug-likeness (QED) is 0.374. The van der Waals surface area contributed by atoms with E-state index in [4.69, 9.17) is 9.47 Å². The van der Waals surface area contributed by atoms with Gasteiger partial charge in [-0.2, -0.15) is 0 Å². The van der Waals surface area contributed by atoms with E-state index < -0.39 is 0 Å². The Labute approximate surface area is 140 Å². The highest BCUT2D eigenvalue weighted by molar-refractivity contribution is 5.79. The van der Waals surface area contributed by atoms with E-state index in [2.05, 4.69) is 41.6 Å². The van der Waals surface area contributed by atoms with E-state index >= 15 is 0 Å². The van der Waals surface area contributed by atoms with Crippen molar-refractivity contribution in [2.45, 2.75) is 33.1 Å². The Morgan fingerprint density at radius 1 is 1.04 bits per heavy atom. The van der Waals surface area contributed by atoms with E-state index in [-0.39, 0.29) is 0 Å². The molecule has 23 heavy (non-hydrogen) atoms. The van der Waals surface area contributed by atoms with Crippen LogP contribution >= 0.6 is 0 Å². The van der Waals surface area contributed by atoms with E-state index in [1.165, 1.54) is 5.56 Å². The molecule has 0 unspecified atom stereocenters. The Morgan fingerprint density at radius 2 is 1.83 bits per heavy atom. The number of methoxy groups -OCH3 is 1. The van der Waals surface area contributed by atoms with Gasteiger partial charge in [0.2, 0.25) is 0 Å². The fourth-order valence-electron chi connectivity index (χ4n) is 2.00. The van der Waals surface area contributed by atoms with Crippen LogP contribution in [-0.4, -0.2) is 45.9 Å². The van der Waals surface area contributed by atoms with Crippen LogP contribution in [0.15, 0.2) is 29.3 Å². The molecule has 0 saturated carbocycles. The van der Waals surface area contributed by atoms with Crippen molar-refractivity contribution in [1.82, 2.24) is 10.6 Å². The maximum atomic E-state index is 5.72. The van der Waals surface area contributed by atoms with Crippen LogP contribution in [0.4, 0.5) is 0 Å². The van der Waals surface area contributed by atoms with Gasteiger partial charge in [0.15, 0.2) is 5.96 Å². The zero-order valence-electron chi connectivity index (χ0n) is 14.7. The number of aliphatic imine (C=N–C) groups is 1. The molecule has 0 atom stereocenters. The average molecular weight is 321 g/mol. The van der Waals surface area contributed by atoms with Gasteiger partial charge in [-0.25, -0.2) is 0 Å². The summed E-state index contributed by atoms with van der Waals surface area (Å²) in [6, 6.07) is 8.17. The number of unbranched alkanes of at least 4 members (excludes halogenated alkanes) is 1. The molecule has 5 heteroatoms. The number of benzene rings is 1. The first-order valence-electron chi connectivity index (χ1n) is 8.47. The topological polar surface area (TPSA) is 54.9 Å². The summed E-state index contributed by atoms with van der Waals surface area (Å²) in [5.41, 5.74) is 1.25. The van der Waals surface area contributed by atoms with Crippen molar-refractivity contribution in [3.63, 3.8) is 0 Å². The average Bonchev–Trinajstić information content (AvgIpc) is 2.56. The van der Waals surface area contributed by atoms with Crippen LogP contribution in [0.5, 0.6) is 5.75 Å². The molecular formula is C18H31N3O2. The van der Waals surface area contributed by atoms with Crippen LogP contribution < -0.4 is 15.4 Å². The summed E-state index contributed by atoms with van der Waals surface area (Å²) in [6.07, 6.45) is 3.01. The minimum atomic E-state index is 0.742. The summed E-state index contributed by atoms with van der Waals surface area (Å²) >= 11 is 0. The summed E-state index contributed by atoms with van der Waals surface area (Å²) in [6.45, 7) is 8.18. The maximum absolute atomic E-state index is 5.72. The van der Waals surface area contributed by atoms with Crippen LogP contribution in [0.3, 0.4) is 0 Å². The molecule has 0 aliphatic heterocycles. The molecule has 2 N–H and O–H groups in total. The number of nitrogens with one attached hydrogen (secondary N) is 2. The lowest BCUT2D eigenvalue weighted by Gasteiger charge is -2.11. The highest BCUT2D eigenvalue weighted by atomic mass is 16.5. The minimum absolute atomic E-state index is 0.742. The van der Waals surface area contributed by atoms with Crippen molar-refractivity contribution in [2.24, 2.45) is 4.99 Å². The highest BCUT2D eigenvalue weighted by Crippen LogP contribution is 2.11. The fraction of sp³-hybridized carbons (Fsp3) is 0.611. The number of nitrogens with zero attached hydrogens (tertiary/aromatic N) is 1. The number of guanidine groups is 1. The molecule has 0 fully saturated rings. The number of aryl methyl sites for hydroxylation is 1. The maximum Gasteiger partial charge on any atom is 0.191 e. The van der Waals surface area contributed by atoms with Crippen molar-refractivity contribution < 1.29 is 9.47 Å². The lowest BCUT2D eigenvalue weighted by atomic mass is 10.2. The fourth-order valence-corrected chi connectivity index (χ4v) is 2.00. The molecule has 0 aliphatic rings. The molecule has 0 heterocycles. The smallest absolute Gasteiger partial charge is 0.191 e. The van der Waals surface area contributed by atoms with Gasteiger partial charge in [-0.05, 0) is 45.2 Å². The predicted octanol–water partition coefficient (Wildman–Crippen LogP) is 2.75. The Hall–Kier alpha value is -1.75. The van der Waals surface area contributed by atoms with Crippen LogP contribution in [0.2, 0.25) is 0 Å². The molecule has 0 amide bonds. The molecule has 0 bridgehead atoms. The Morgan fingerprint density at radius 3 is 2.52 bits per heavy atom. The van der Waals surface area contributed by atoms with E-state index in [1.54, 1.807) is 7.11 Å². The summed E-state index contributed by atoms with van der Waals surface area (Å²) in [7, 11) is 1.71. The van der Waals surface area contributed by atoms with Crippen molar-refractivity contribution in [3.8, 4) is 5.75 Å². The molecular weight excluding hydrogens is 290 g/mol. The summed E-state index contributed by atoms with van der Waals surface area (Å²) < 4.78 is 10.7. The second-order valence-electron chi connectivity index (χ2n) is 5.40. The predicted molar refractivity (Wildman–Crippen MR) is 96.4 cm³/mol. The number of ether oxygens (including phenoxy) is 2. The van der Waals surface area contributed by atoms with Gasteiger partial charge < -0.3 is 20.1 Å². The molecule has 1 aromatic rings. The van der Waals surface area contributed by atoms with Crippen molar-refractivity contribution >= 4 is 5.96 Å². The van der Waals surface area contributed by atoms with E-state index in [9.17, 15) is 0 Å². The largest absolute Gasteiger partial charge is 0.494 e. The third-order valence-corrected chi connectivity index (χ3v) is 3.27. The summed E-state index contributed by atoms with van der Waals surface area (Å²) in [4.78, 5) is 4.51. The normalized spacial score (nSPS) is 11.3. The van der Waals surface area contributed by atoms with Crippen molar-refractivity contribution in [2.75, 3.05) is 40.0 Å². The van der Waals surface area contributed by atoms with E-state index in [0.29, 0.717) is 0 Å². The molecule has 130 valence electrons. The first-order chi connectivity index (χ1) is 11.3. The molecule has 0 radical (unpaired) electrons. The van der Waals surface area contributed by atoms with Crippen molar-refractivity contribution in [1.29, 1.82) is 0 Å². The molecule has 1 aromatic carbocycles. The van der Waals surface area contributed by atoms with Gasteiger partial charge in [0, 0.05) is 33.4 Å². The van der Waals surface area contributed by atoms with Crippen LogP contribution in [0.25, 0.3) is 0 Å². The summed E-state index contributed by atoms with van der Waals surface area (Å²) in [5.74, 6) is 1.82. The lowest BCUT2D eigenvalue weighted by molar-refractivity contribution is 0.197. The van der Waals surface area contributed by atoms with Crippen LogP contribution in [0, 0.1) is 6.92 Å². The van der Waals surface area contributed by atoms with Gasteiger partial charge in [-0.3, -0.25) is 4.99 Å². The number of rotatable bonds is 11. The first kappa shape index (κ1) is 19.3. The first-order valence-corrected chi connectivity index (χ1v) is 8.47. The molecule has 0 saturated heterocycles. The number of hydrogen-bond acceptors (Lipinski definition) is 3. The van der Waals surface area contributed by atoms with Gasteiger partial charge in [0.05, 0.1) is 6.61 Å². The standard InChI is InChI=1S/C18H31N3O2/c1-4-19-18(21-13-7-14-22-3)20-12-5-6-15-23-17-10-8-16(2)9-11-17/h8-11H,4-7,12-15H2,1-3H3,(H2,19,20,21). The zero-order chi connectivity index (χ0) is 16.8. The van der Waals surface area contributed by atoms with Gasteiger partial charge in [0.25, 0.3) is 0 Å². The Kier molecular flexibility index (Phi) is 10.7. The van der Waals surface area contributed by atoms with Gasteiger partial charge in [0.1, 0.15) is 5.75 Å². The Bertz CT molecular complexity index is 432. The third kappa shape index (κ3) is 9.79. The monoisotopic (exact) mass is 321 g/mol. The minimum Gasteiger partial charge on any atom is -0.494 e. The molecule has 0 aromatic heterocycles. The van der Waals surface area contributed by atoms with Crippen LogP contribution in [-0.2, 0) is 4.74 Å². The second kappa shape index (κ2) is 12.8. The molecule has 0 spiro atoms. The third-order valence-electron chi connectivity index (χ3n) is 3.27. The zero-order valence-corrected chi connectivity index (χ0v) is 14.7. The molecule has 0 aliphatic carbocycles.